The van der Waals surface area contributed by atoms with Crippen LogP contribution < -0.4 is 15.8 Å². The Morgan fingerprint density at radius 1 is 1.03 bits per heavy atom. The molecule has 3 aliphatic rings. The number of nitrogens with two attached hydrogens (primary N) is 1. The summed E-state index contributed by atoms with van der Waals surface area (Å²) >= 11 is 0. The Hall–Kier alpha value is -2.86. The lowest BCUT2D eigenvalue weighted by atomic mass is 9.65. The highest BCUT2D eigenvalue weighted by molar-refractivity contribution is 5.89. The van der Waals surface area contributed by atoms with E-state index in [0.29, 0.717) is 18.3 Å². The summed E-state index contributed by atoms with van der Waals surface area (Å²) in [6, 6.07) is 14.9. The van der Waals surface area contributed by atoms with Crippen LogP contribution in [-0.2, 0) is 22.4 Å². The van der Waals surface area contributed by atoms with Crippen molar-refractivity contribution < 1.29 is 14.3 Å². The number of nitrogens with one attached hydrogen (secondary N) is 1. The summed E-state index contributed by atoms with van der Waals surface area (Å²) in [5.41, 5.74) is 10.2. The summed E-state index contributed by atoms with van der Waals surface area (Å²) in [6.07, 6.45) is 10.7. The molecule has 210 valence electrons. The van der Waals surface area contributed by atoms with Gasteiger partial charge in [0, 0.05) is 25.6 Å². The van der Waals surface area contributed by atoms with Crippen molar-refractivity contribution in [1.82, 2.24) is 10.2 Å². The zero-order valence-corrected chi connectivity index (χ0v) is 23.7. The molecule has 1 saturated carbocycles. The Kier molecular flexibility index (Phi) is 8.61. The lowest BCUT2D eigenvalue weighted by Crippen LogP contribution is -2.55. The number of methoxy groups -OCH3 is 1. The number of hydrogen-bond acceptors (Lipinski definition) is 4. The van der Waals surface area contributed by atoms with Gasteiger partial charge in [-0.05, 0) is 78.7 Å². The third kappa shape index (κ3) is 6.16. The maximum atomic E-state index is 14.0. The first-order valence-corrected chi connectivity index (χ1v) is 14.9. The van der Waals surface area contributed by atoms with Gasteiger partial charge < -0.3 is 20.7 Å². The van der Waals surface area contributed by atoms with E-state index in [0.717, 1.165) is 55.1 Å². The van der Waals surface area contributed by atoms with Crippen molar-refractivity contribution in [3.63, 3.8) is 0 Å². The molecule has 3 unspecified atom stereocenters. The standard InChI is InChI=1S/C33H45N3O3/c1-33(25-9-4-3-5-10-25)18-20-36(21-19-33)32(38)29(22-23-12-15-26(39-2)16-13-23)35-31(37)28-17-14-24-8-6-7-11-27(24)30(28)34/h6-8,11-13,15-16,25,28-30H,3-5,9-10,14,17-22,34H2,1-2H3,(H,35,37). The Labute approximate surface area is 233 Å². The maximum Gasteiger partial charge on any atom is 0.245 e. The largest absolute Gasteiger partial charge is 0.497 e. The molecule has 39 heavy (non-hydrogen) atoms. The van der Waals surface area contributed by atoms with Crippen LogP contribution in [0.5, 0.6) is 5.75 Å². The molecule has 0 bridgehead atoms. The molecule has 3 N–H and O–H groups in total. The molecule has 2 aliphatic carbocycles. The molecule has 0 aromatic heterocycles. The third-order valence-corrected chi connectivity index (χ3v) is 9.93. The number of likely N-dealkylation sites (tertiary alicyclic amines) is 1. The van der Waals surface area contributed by atoms with E-state index in [2.05, 4.69) is 18.3 Å². The molecule has 3 atom stereocenters. The predicted molar refractivity (Wildman–Crippen MR) is 154 cm³/mol. The van der Waals surface area contributed by atoms with E-state index >= 15 is 0 Å². The molecule has 6 nitrogen and oxygen atoms in total. The number of piperidine rings is 1. The summed E-state index contributed by atoms with van der Waals surface area (Å²) in [5, 5.41) is 3.16. The number of carbonyl (C=O) groups excluding carboxylic acids is 2. The van der Waals surface area contributed by atoms with E-state index in [1.165, 1.54) is 37.7 Å². The van der Waals surface area contributed by atoms with Crippen molar-refractivity contribution >= 4 is 11.8 Å². The lowest BCUT2D eigenvalue weighted by molar-refractivity contribution is -0.140. The third-order valence-electron chi connectivity index (χ3n) is 9.93. The quantitative estimate of drug-likeness (QED) is 0.515. The Balaban J connectivity index is 1.29. The number of nitrogens with zero attached hydrogens (tertiary/aromatic N) is 1. The van der Waals surface area contributed by atoms with Crippen LogP contribution in [0.2, 0.25) is 0 Å². The minimum atomic E-state index is -0.616. The number of amides is 2. The second-order valence-electron chi connectivity index (χ2n) is 12.3. The van der Waals surface area contributed by atoms with Crippen molar-refractivity contribution in [1.29, 1.82) is 0 Å². The number of rotatable bonds is 7. The Morgan fingerprint density at radius 2 is 1.72 bits per heavy atom. The average Bonchev–Trinajstić information content (AvgIpc) is 2.98. The zero-order chi connectivity index (χ0) is 27.4. The van der Waals surface area contributed by atoms with E-state index in [1.54, 1.807) is 7.11 Å². The molecule has 5 rings (SSSR count). The highest BCUT2D eigenvalue weighted by atomic mass is 16.5. The van der Waals surface area contributed by atoms with E-state index in [4.69, 9.17) is 10.5 Å². The van der Waals surface area contributed by atoms with Gasteiger partial charge in [-0.3, -0.25) is 9.59 Å². The van der Waals surface area contributed by atoms with E-state index in [9.17, 15) is 9.59 Å². The van der Waals surface area contributed by atoms with Crippen LogP contribution in [0.1, 0.15) is 81.0 Å². The van der Waals surface area contributed by atoms with Gasteiger partial charge in [0.1, 0.15) is 11.8 Å². The molecule has 1 heterocycles. The maximum absolute atomic E-state index is 14.0. The topological polar surface area (TPSA) is 84.7 Å². The van der Waals surface area contributed by atoms with Crippen molar-refractivity contribution in [2.24, 2.45) is 23.0 Å². The van der Waals surface area contributed by atoms with Gasteiger partial charge in [-0.15, -0.1) is 0 Å². The fourth-order valence-electron chi connectivity index (χ4n) is 7.23. The summed E-state index contributed by atoms with van der Waals surface area (Å²) in [5.74, 6) is 1.11. The monoisotopic (exact) mass is 531 g/mol. The fraction of sp³-hybridized carbons (Fsp3) is 0.576. The number of carbonyl (C=O) groups is 2. The summed E-state index contributed by atoms with van der Waals surface area (Å²) in [4.78, 5) is 29.6. The first-order chi connectivity index (χ1) is 18.9. The molecule has 2 aromatic rings. The SMILES string of the molecule is COc1ccc(CC(NC(=O)C2CCc3ccccc3C2N)C(=O)N2CCC(C)(C3CCCCC3)CC2)cc1. The van der Waals surface area contributed by atoms with Crippen LogP contribution in [0, 0.1) is 17.3 Å². The minimum absolute atomic E-state index is 0.0228. The first-order valence-electron chi connectivity index (χ1n) is 14.9. The van der Waals surface area contributed by atoms with E-state index in [-0.39, 0.29) is 23.8 Å². The van der Waals surface area contributed by atoms with Gasteiger partial charge in [0.25, 0.3) is 0 Å². The molecule has 0 radical (unpaired) electrons. The number of hydrogen-bond donors (Lipinski definition) is 2. The predicted octanol–water partition coefficient (Wildman–Crippen LogP) is 5.19. The lowest BCUT2D eigenvalue weighted by Gasteiger charge is -2.46. The van der Waals surface area contributed by atoms with Crippen molar-refractivity contribution in [3.05, 3.63) is 65.2 Å². The second kappa shape index (κ2) is 12.1. The van der Waals surface area contributed by atoms with Gasteiger partial charge in [0.15, 0.2) is 0 Å². The summed E-state index contributed by atoms with van der Waals surface area (Å²) in [7, 11) is 1.64. The highest BCUT2D eigenvalue weighted by Gasteiger charge is 2.40. The number of benzene rings is 2. The van der Waals surface area contributed by atoms with Crippen LogP contribution in [-0.4, -0.2) is 43.0 Å². The van der Waals surface area contributed by atoms with Gasteiger partial charge in [-0.2, -0.15) is 0 Å². The van der Waals surface area contributed by atoms with Crippen molar-refractivity contribution in [3.8, 4) is 5.75 Å². The first kappa shape index (κ1) is 27.7. The fourth-order valence-corrected chi connectivity index (χ4v) is 7.23. The molecule has 1 aliphatic heterocycles. The normalized spacial score (nSPS) is 23.9. The van der Waals surface area contributed by atoms with Gasteiger partial charge in [-0.25, -0.2) is 0 Å². The Bertz CT molecular complexity index is 1130. The average molecular weight is 532 g/mol. The summed E-state index contributed by atoms with van der Waals surface area (Å²) in [6.45, 7) is 3.96. The number of ether oxygens (including phenoxy) is 1. The molecule has 2 aromatic carbocycles. The number of fused-ring (bicyclic) bond motifs is 1. The smallest absolute Gasteiger partial charge is 0.245 e. The van der Waals surface area contributed by atoms with Gasteiger partial charge in [0.05, 0.1) is 13.0 Å². The van der Waals surface area contributed by atoms with Crippen molar-refractivity contribution in [2.75, 3.05) is 20.2 Å². The van der Waals surface area contributed by atoms with Crippen molar-refractivity contribution in [2.45, 2.75) is 83.2 Å². The van der Waals surface area contributed by atoms with Gasteiger partial charge in [-0.1, -0.05) is 62.6 Å². The molecular formula is C33H45N3O3. The van der Waals surface area contributed by atoms with Gasteiger partial charge in [0.2, 0.25) is 11.8 Å². The van der Waals surface area contributed by atoms with E-state index in [1.807, 2.05) is 47.4 Å². The minimum Gasteiger partial charge on any atom is -0.497 e. The molecular weight excluding hydrogens is 486 g/mol. The molecule has 2 fully saturated rings. The molecule has 6 heteroatoms. The van der Waals surface area contributed by atoms with Crippen LogP contribution in [0.15, 0.2) is 48.5 Å². The molecule has 0 spiro atoms. The van der Waals surface area contributed by atoms with Crippen LogP contribution in [0.4, 0.5) is 0 Å². The second-order valence-corrected chi connectivity index (χ2v) is 12.3. The molecule has 2 amide bonds. The Morgan fingerprint density at radius 3 is 2.41 bits per heavy atom. The number of aryl methyl sites for hydroxylation is 1. The van der Waals surface area contributed by atoms with Crippen LogP contribution in [0.25, 0.3) is 0 Å². The van der Waals surface area contributed by atoms with E-state index < -0.39 is 6.04 Å². The molecule has 1 saturated heterocycles. The summed E-state index contributed by atoms with van der Waals surface area (Å²) < 4.78 is 5.31. The van der Waals surface area contributed by atoms with Gasteiger partial charge >= 0.3 is 0 Å². The van der Waals surface area contributed by atoms with Crippen LogP contribution >= 0.6 is 0 Å². The van der Waals surface area contributed by atoms with Crippen LogP contribution in [0.3, 0.4) is 0 Å². The highest BCUT2D eigenvalue weighted by Crippen LogP contribution is 2.45. The zero-order valence-electron chi connectivity index (χ0n) is 23.7.